The van der Waals surface area contributed by atoms with Crippen LogP contribution in [0.4, 0.5) is 0 Å². The zero-order valence-corrected chi connectivity index (χ0v) is 11.1. The van der Waals surface area contributed by atoms with Crippen LogP contribution >= 0.6 is 32.9 Å². The van der Waals surface area contributed by atoms with E-state index in [0.717, 1.165) is 0 Å². The summed E-state index contributed by atoms with van der Waals surface area (Å²) in [5, 5.41) is 0. The maximum absolute atomic E-state index is 11.3. The summed E-state index contributed by atoms with van der Waals surface area (Å²) in [6.07, 6.45) is 3.10. The number of hydrogen-bond acceptors (Lipinski definition) is 4. The van der Waals surface area contributed by atoms with E-state index in [4.69, 9.17) is 0 Å². The van der Waals surface area contributed by atoms with Crippen LogP contribution < -0.4 is 0 Å². The lowest BCUT2D eigenvalue weighted by atomic mass is 10.1. The highest BCUT2D eigenvalue weighted by Gasteiger charge is 2.24. The van der Waals surface area contributed by atoms with E-state index in [0.29, 0.717) is 5.56 Å². The average molecular weight is 339 g/mol. The smallest absolute Gasteiger partial charge is 0.375 e. The molecule has 0 saturated carbocycles. The summed E-state index contributed by atoms with van der Waals surface area (Å²) in [5.74, 6) is -1.50. The molecule has 1 unspecified atom stereocenters. The van der Waals surface area contributed by atoms with E-state index in [-0.39, 0.29) is 17.0 Å². The molecule has 0 spiro atoms. The fourth-order valence-corrected chi connectivity index (χ4v) is 1.34. The molecule has 0 aliphatic rings. The average Bonchev–Trinajstić information content (AvgIpc) is 2.27. The minimum Gasteiger partial charge on any atom is -0.463 e. The van der Waals surface area contributed by atoms with Crippen molar-refractivity contribution in [3.05, 3.63) is 30.1 Å². The van der Waals surface area contributed by atoms with Gasteiger partial charge in [-0.3, -0.25) is 9.78 Å². The number of ether oxygens (including phenoxy) is 1. The Labute approximate surface area is 106 Å². The molecule has 0 radical (unpaired) electrons. The molecule has 1 rings (SSSR count). The first-order chi connectivity index (χ1) is 6.66. The fraction of sp³-hybridized carbons (Fsp3) is 0.222. The van der Waals surface area contributed by atoms with Crippen LogP contribution in [0, 0.1) is 0 Å². The largest absolute Gasteiger partial charge is 0.463 e. The highest BCUT2D eigenvalue weighted by atomic mass is 79.9. The van der Waals surface area contributed by atoms with Crippen LogP contribution in [0.15, 0.2) is 24.5 Å². The molecule has 0 N–H and O–H groups in total. The van der Waals surface area contributed by atoms with Crippen LogP contribution in [0.2, 0.25) is 0 Å². The first-order valence-electron chi connectivity index (χ1n) is 3.83. The summed E-state index contributed by atoms with van der Waals surface area (Å²) < 4.78 is 4.32. The SMILES string of the molecule is Br.COC(=O)C(=O)C(Br)c1cccnc1. The number of esters is 1. The molecule has 0 amide bonds. The molecule has 0 saturated heterocycles. The molecule has 1 atom stereocenters. The summed E-state index contributed by atoms with van der Waals surface area (Å²) in [7, 11) is 1.17. The van der Waals surface area contributed by atoms with Gasteiger partial charge in [0.05, 0.1) is 7.11 Å². The van der Waals surface area contributed by atoms with Gasteiger partial charge in [-0.1, -0.05) is 22.0 Å². The highest BCUT2D eigenvalue weighted by molar-refractivity contribution is 9.09. The number of carbonyl (C=O) groups is 2. The number of rotatable bonds is 3. The number of methoxy groups -OCH3 is 1. The number of Topliss-reactive ketones (excluding diaryl/α,β-unsaturated/α-hetero) is 1. The third kappa shape index (κ3) is 3.71. The second-order valence-electron chi connectivity index (χ2n) is 2.50. The van der Waals surface area contributed by atoms with Crippen molar-refractivity contribution in [1.29, 1.82) is 0 Å². The van der Waals surface area contributed by atoms with Crippen LogP contribution in [0.25, 0.3) is 0 Å². The van der Waals surface area contributed by atoms with Crippen molar-refractivity contribution in [2.24, 2.45) is 0 Å². The summed E-state index contributed by atoms with van der Waals surface area (Å²) in [5.41, 5.74) is 0.628. The molecule has 0 fully saturated rings. The molecular formula is C9H9Br2NO3. The van der Waals surface area contributed by atoms with E-state index in [9.17, 15) is 9.59 Å². The Balaban J connectivity index is 0.00000196. The van der Waals surface area contributed by atoms with Gasteiger partial charge in [0.2, 0.25) is 0 Å². The molecule has 82 valence electrons. The zero-order valence-electron chi connectivity index (χ0n) is 7.84. The molecular weight excluding hydrogens is 330 g/mol. The number of pyridine rings is 1. The van der Waals surface area contributed by atoms with Gasteiger partial charge < -0.3 is 4.74 Å². The number of ketones is 1. The second kappa shape index (κ2) is 6.68. The Morgan fingerprint density at radius 3 is 2.67 bits per heavy atom. The minimum absolute atomic E-state index is 0. The molecule has 0 aliphatic carbocycles. The molecule has 1 aromatic heterocycles. The van der Waals surface area contributed by atoms with E-state index >= 15 is 0 Å². The van der Waals surface area contributed by atoms with Crippen LogP contribution in [0.1, 0.15) is 10.4 Å². The Kier molecular flexibility index (Phi) is 6.35. The Morgan fingerprint density at radius 2 is 2.20 bits per heavy atom. The Hall–Kier alpha value is -0.750. The van der Waals surface area contributed by atoms with Gasteiger partial charge in [-0.2, -0.15) is 0 Å². The predicted octanol–water partition coefficient (Wildman–Crippen LogP) is 1.84. The molecule has 0 aliphatic heterocycles. The third-order valence-electron chi connectivity index (χ3n) is 1.59. The quantitative estimate of drug-likeness (QED) is 0.479. The summed E-state index contributed by atoms with van der Waals surface area (Å²) in [6, 6.07) is 3.39. The highest BCUT2D eigenvalue weighted by Crippen LogP contribution is 2.22. The van der Waals surface area contributed by atoms with E-state index in [2.05, 4.69) is 25.7 Å². The Morgan fingerprint density at radius 1 is 1.53 bits per heavy atom. The van der Waals surface area contributed by atoms with Gasteiger partial charge in [0.25, 0.3) is 5.78 Å². The van der Waals surface area contributed by atoms with Crippen molar-refractivity contribution in [2.75, 3.05) is 7.11 Å². The van der Waals surface area contributed by atoms with Crippen molar-refractivity contribution < 1.29 is 14.3 Å². The number of halogens is 2. The summed E-state index contributed by atoms with van der Waals surface area (Å²) in [6.45, 7) is 0. The molecule has 6 heteroatoms. The molecule has 4 nitrogen and oxygen atoms in total. The van der Waals surface area contributed by atoms with Crippen molar-refractivity contribution in [1.82, 2.24) is 4.98 Å². The van der Waals surface area contributed by atoms with Gasteiger partial charge in [-0.05, 0) is 11.6 Å². The van der Waals surface area contributed by atoms with Crippen LogP contribution in [0.3, 0.4) is 0 Å². The topological polar surface area (TPSA) is 56.3 Å². The van der Waals surface area contributed by atoms with Crippen molar-refractivity contribution in [3.8, 4) is 0 Å². The number of nitrogens with zero attached hydrogens (tertiary/aromatic N) is 1. The molecule has 0 aromatic carbocycles. The van der Waals surface area contributed by atoms with Gasteiger partial charge in [0.15, 0.2) is 0 Å². The fourth-order valence-electron chi connectivity index (χ4n) is 0.881. The monoisotopic (exact) mass is 337 g/mol. The molecule has 1 heterocycles. The van der Waals surface area contributed by atoms with Crippen LogP contribution in [0.5, 0.6) is 0 Å². The molecule has 15 heavy (non-hydrogen) atoms. The third-order valence-corrected chi connectivity index (χ3v) is 2.54. The van der Waals surface area contributed by atoms with E-state index in [1.807, 2.05) is 0 Å². The number of aromatic nitrogens is 1. The van der Waals surface area contributed by atoms with Gasteiger partial charge in [-0.15, -0.1) is 17.0 Å². The molecule has 1 aromatic rings. The normalized spacial score (nSPS) is 11.1. The first kappa shape index (κ1) is 14.2. The molecule has 0 bridgehead atoms. The van der Waals surface area contributed by atoms with Gasteiger partial charge in [0, 0.05) is 12.4 Å². The van der Waals surface area contributed by atoms with Crippen molar-refractivity contribution >= 4 is 44.7 Å². The zero-order chi connectivity index (χ0) is 10.6. The van der Waals surface area contributed by atoms with Crippen LogP contribution in [-0.2, 0) is 14.3 Å². The number of hydrogen-bond donors (Lipinski definition) is 0. The first-order valence-corrected chi connectivity index (χ1v) is 4.74. The standard InChI is InChI=1S/C9H8BrNO3.BrH/c1-14-9(13)8(12)7(10)6-3-2-4-11-5-6;/h2-5,7H,1H3;1H. The van der Waals surface area contributed by atoms with Crippen molar-refractivity contribution in [3.63, 3.8) is 0 Å². The predicted molar refractivity (Wildman–Crippen MR) is 63.3 cm³/mol. The maximum Gasteiger partial charge on any atom is 0.375 e. The summed E-state index contributed by atoms with van der Waals surface area (Å²) >= 11 is 3.10. The maximum atomic E-state index is 11.3. The van der Waals surface area contributed by atoms with Gasteiger partial charge >= 0.3 is 5.97 Å². The lowest BCUT2D eigenvalue weighted by Gasteiger charge is -2.05. The minimum atomic E-state index is -0.865. The number of alkyl halides is 1. The Bertz CT molecular complexity index is 342. The lowest BCUT2D eigenvalue weighted by Crippen LogP contribution is -2.19. The number of carbonyl (C=O) groups excluding carboxylic acids is 2. The van der Waals surface area contributed by atoms with Gasteiger partial charge in [0.1, 0.15) is 4.83 Å². The van der Waals surface area contributed by atoms with Crippen molar-refractivity contribution in [2.45, 2.75) is 4.83 Å². The van der Waals surface area contributed by atoms with E-state index < -0.39 is 16.6 Å². The summed E-state index contributed by atoms with van der Waals surface area (Å²) in [4.78, 5) is 25.4. The van der Waals surface area contributed by atoms with Gasteiger partial charge in [-0.25, -0.2) is 4.79 Å². The van der Waals surface area contributed by atoms with Crippen LogP contribution in [-0.4, -0.2) is 23.8 Å². The second-order valence-corrected chi connectivity index (χ2v) is 3.42. The van der Waals surface area contributed by atoms with E-state index in [1.54, 1.807) is 18.3 Å². The van der Waals surface area contributed by atoms with E-state index in [1.165, 1.54) is 13.3 Å². The lowest BCUT2D eigenvalue weighted by molar-refractivity contribution is -0.151.